The van der Waals surface area contributed by atoms with Crippen molar-refractivity contribution < 1.29 is 9.37 Å². The lowest BCUT2D eigenvalue weighted by atomic mass is 10.5. The molecule has 1 rings (SSSR count). The van der Waals surface area contributed by atoms with Gasteiger partial charge in [-0.2, -0.15) is 0 Å². The highest BCUT2D eigenvalue weighted by Gasteiger charge is 2.04. The summed E-state index contributed by atoms with van der Waals surface area (Å²) in [5, 5.41) is 0. The van der Waals surface area contributed by atoms with Gasteiger partial charge in [-0.15, -0.1) is 0 Å². The van der Waals surface area contributed by atoms with E-state index in [0.29, 0.717) is 0 Å². The Kier molecular flexibility index (Phi) is 0.785. The Hall–Kier alpha value is -0.920. The van der Waals surface area contributed by atoms with Crippen LogP contribution in [0.25, 0.3) is 0 Å². The second-order valence-electron chi connectivity index (χ2n) is 1.51. The maximum atomic E-state index is 10.3. The highest BCUT2D eigenvalue weighted by molar-refractivity contribution is 6.31. The van der Waals surface area contributed by atoms with Crippen molar-refractivity contribution in [1.29, 1.82) is 0 Å². The quantitative estimate of drug-likeness (QED) is 0.382. The molecule has 0 radical (unpaired) electrons. The smallest absolute Gasteiger partial charge is 0.247 e. The van der Waals surface area contributed by atoms with E-state index in [1.807, 2.05) is 7.05 Å². The van der Waals surface area contributed by atoms with Crippen molar-refractivity contribution in [2.45, 2.75) is 0 Å². The largest absolute Gasteiger partial charge is 0.283 e. The van der Waals surface area contributed by atoms with Crippen LogP contribution in [0.3, 0.4) is 0 Å². The van der Waals surface area contributed by atoms with Gasteiger partial charge in [-0.1, -0.05) is 0 Å². The number of allylic oxidation sites excluding steroid dienone is 1. The number of carbonyl (C=O) groups excluding carboxylic acids is 1. The van der Waals surface area contributed by atoms with Crippen LogP contribution in [-0.4, -0.2) is 23.6 Å². The van der Waals surface area contributed by atoms with E-state index in [0.717, 1.165) is 0 Å². The van der Waals surface area contributed by atoms with Gasteiger partial charge >= 0.3 is 0 Å². The van der Waals surface area contributed by atoms with Gasteiger partial charge in [0.1, 0.15) is 7.05 Å². The standard InChI is InChI=1S/C5H6NO/c1-6-3-2-5(7)4-6/h2-4H,1H3/q+1. The fourth-order valence-corrected chi connectivity index (χ4v) is 0.478. The Bertz CT molecular complexity index is 155. The molecule has 0 saturated carbocycles. The van der Waals surface area contributed by atoms with Crippen molar-refractivity contribution in [1.82, 2.24) is 0 Å². The third-order valence-corrected chi connectivity index (χ3v) is 0.805. The third kappa shape index (κ3) is 0.738. The molecule has 2 nitrogen and oxygen atoms in total. The van der Waals surface area contributed by atoms with Crippen molar-refractivity contribution >= 4 is 12.0 Å². The predicted octanol–water partition coefficient (Wildman–Crippen LogP) is -0.204. The lowest BCUT2D eigenvalue weighted by Crippen LogP contribution is -1.96. The van der Waals surface area contributed by atoms with Gasteiger partial charge < -0.3 is 0 Å². The normalized spacial score (nSPS) is 17.9. The number of hydrogen-bond donors (Lipinski definition) is 0. The number of nitrogens with zero attached hydrogens (tertiary/aromatic N) is 1. The van der Waals surface area contributed by atoms with E-state index in [-0.39, 0.29) is 5.78 Å². The Morgan fingerprint density at radius 2 is 2.43 bits per heavy atom. The molecule has 2 heteroatoms. The molecule has 1 aliphatic heterocycles. The van der Waals surface area contributed by atoms with Crippen LogP contribution in [-0.2, 0) is 4.79 Å². The Balaban J connectivity index is 2.88. The molecule has 1 heterocycles. The molecule has 0 fully saturated rings. The van der Waals surface area contributed by atoms with Gasteiger partial charge in [-0.25, -0.2) is 4.58 Å². The molecule has 0 spiro atoms. The first-order chi connectivity index (χ1) is 3.29. The maximum absolute atomic E-state index is 10.3. The highest BCUT2D eigenvalue weighted by Crippen LogP contribution is 1.82. The van der Waals surface area contributed by atoms with E-state index in [9.17, 15) is 4.79 Å². The number of carbonyl (C=O) groups is 1. The van der Waals surface area contributed by atoms with E-state index in [2.05, 4.69) is 0 Å². The topological polar surface area (TPSA) is 20.1 Å². The molecular weight excluding hydrogens is 90.1 g/mol. The molecule has 0 aromatic rings. The van der Waals surface area contributed by atoms with Crippen LogP contribution >= 0.6 is 0 Å². The average Bonchev–Trinajstić information content (AvgIpc) is 1.87. The minimum absolute atomic E-state index is 0.0718. The summed E-state index contributed by atoms with van der Waals surface area (Å²) in [7, 11) is 1.82. The summed E-state index contributed by atoms with van der Waals surface area (Å²) in [6.45, 7) is 0. The molecule has 0 N–H and O–H groups in total. The Morgan fingerprint density at radius 3 is 2.57 bits per heavy atom. The van der Waals surface area contributed by atoms with Crippen LogP contribution in [0, 0.1) is 0 Å². The summed E-state index contributed by atoms with van der Waals surface area (Å²) in [6.07, 6.45) is 4.78. The van der Waals surface area contributed by atoms with E-state index >= 15 is 0 Å². The lowest BCUT2D eigenvalue weighted by Gasteiger charge is -1.69. The van der Waals surface area contributed by atoms with Gasteiger partial charge in [0.25, 0.3) is 0 Å². The van der Waals surface area contributed by atoms with Crippen LogP contribution in [0.2, 0.25) is 0 Å². The second kappa shape index (κ2) is 1.30. The zero-order chi connectivity index (χ0) is 5.28. The van der Waals surface area contributed by atoms with Crippen LogP contribution in [0.1, 0.15) is 0 Å². The van der Waals surface area contributed by atoms with Gasteiger partial charge in [0.05, 0.1) is 6.08 Å². The summed E-state index contributed by atoms with van der Waals surface area (Å²) in [5.41, 5.74) is 0. The molecule has 0 aromatic carbocycles. The predicted molar refractivity (Wildman–Crippen MR) is 26.4 cm³/mol. The molecule has 0 saturated heterocycles. The minimum Gasteiger partial charge on any atom is -0.283 e. The fraction of sp³-hybridized carbons (Fsp3) is 0.200. The van der Waals surface area contributed by atoms with Gasteiger partial charge in [-0.3, -0.25) is 4.79 Å². The molecule has 0 aromatic heterocycles. The van der Waals surface area contributed by atoms with Crippen LogP contribution in [0.5, 0.6) is 0 Å². The molecule has 0 unspecified atom stereocenters. The highest BCUT2D eigenvalue weighted by atomic mass is 16.1. The number of hydrogen-bond acceptors (Lipinski definition) is 1. The minimum atomic E-state index is 0.0718. The number of ketones is 1. The Morgan fingerprint density at radius 1 is 1.71 bits per heavy atom. The monoisotopic (exact) mass is 96.0 g/mol. The summed E-state index contributed by atoms with van der Waals surface area (Å²) >= 11 is 0. The van der Waals surface area contributed by atoms with Crippen LogP contribution < -0.4 is 0 Å². The first-order valence-electron chi connectivity index (χ1n) is 2.08. The molecule has 36 valence electrons. The van der Waals surface area contributed by atoms with Gasteiger partial charge in [-0.05, 0) is 0 Å². The maximum Gasteiger partial charge on any atom is 0.247 e. The molecule has 0 amide bonds. The molecule has 1 aliphatic rings. The van der Waals surface area contributed by atoms with Gasteiger partial charge in [0, 0.05) is 0 Å². The molecule has 0 atom stereocenters. The molecular formula is C5H6NO+. The zero-order valence-corrected chi connectivity index (χ0v) is 4.09. The summed E-state index contributed by atoms with van der Waals surface area (Å²) in [5.74, 6) is 0.0718. The SMILES string of the molecule is C[N+]1=CC(=O)C=C1. The van der Waals surface area contributed by atoms with E-state index < -0.39 is 0 Å². The first-order valence-corrected chi connectivity index (χ1v) is 2.08. The summed E-state index contributed by atoms with van der Waals surface area (Å²) < 4.78 is 1.72. The molecule has 0 bridgehead atoms. The first kappa shape index (κ1) is 4.24. The van der Waals surface area contributed by atoms with Crippen molar-refractivity contribution in [2.75, 3.05) is 7.05 Å². The Labute approximate surface area is 41.8 Å². The second-order valence-corrected chi connectivity index (χ2v) is 1.51. The zero-order valence-electron chi connectivity index (χ0n) is 4.09. The van der Waals surface area contributed by atoms with Gasteiger partial charge in [0.2, 0.25) is 12.0 Å². The fourth-order valence-electron chi connectivity index (χ4n) is 0.478. The van der Waals surface area contributed by atoms with E-state index in [1.54, 1.807) is 10.8 Å². The summed E-state index contributed by atoms with van der Waals surface area (Å²) in [6, 6.07) is 0. The third-order valence-electron chi connectivity index (χ3n) is 0.805. The molecule has 0 aliphatic carbocycles. The molecule has 7 heavy (non-hydrogen) atoms. The van der Waals surface area contributed by atoms with Crippen molar-refractivity contribution in [3.8, 4) is 0 Å². The van der Waals surface area contributed by atoms with Gasteiger partial charge in [0.15, 0.2) is 6.20 Å². The van der Waals surface area contributed by atoms with E-state index in [4.69, 9.17) is 0 Å². The number of rotatable bonds is 0. The van der Waals surface area contributed by atoms with Crippen molar-refractivity contribution in [2.24, 2.45) is 0 Å². The lowest BCUT2D eigenvalue weighted by molar-refractivity contribution is -0.413. The van der Waals surface area contributed by atoms with Crippen molar-refractivity contribution in [3.05, 3.63) is 12.3 Å². The van der Waals surface area contributed by atoms with Crippen LogP contribution in [0.15, 0.2) is 12.3 Å². The average molecular weight is 96.1 g/mol. The van der Waals surface area contributed by atoms with Crippen molar-refractivity contribution in [3.63, 3.8) is 0 Å². The van der Waals surface area contributed by atoms with Crippen LogP contribution in [0.4, 0.5) is 0 Å². The van der Waals surface area contributed by atoms with E-state index in [1.165, 1.54) is 12.3 Å². The summed E-state index contributed by atoms with van der Waals surface area (Å²) in [4.78, 5) is 10.3.